The van der Waals surface area contributed by atoms with E-state index in [1.54, 1.807) is 6.92 Å². The van der Waals surface area contributed by atoms with Crippen LogP contribution in [0.25, 0.3) is 0 Å². The molecule has 5 heteroatoms. The molecule has 0 heterocycles. The van der Waals surface area contributed by atoms with Crippen LogP contribution in [-0.2, 0) is 0 Å². The number of alkyl halides is 3. The predicted molar refractivity (Wildman–Crippen MR) is 53.9 cm³/mol. The second-order valence-electron chi connectivity index (χ2n) is 3.08. The molecule has 84 valence electrons. The maximum absolute atomic E-state index is 12.6. The van der Waals surface area contributed by atoms with Gasteiger partial charge in [-0.25, -0.2) is 0 Å². The summed E-state index contributed by atoms with van der Waals surface area (Å²) in [4.78, 5) is 0. The molecule has 1 atom stereocenters. The van der Waals surface area contributed by atoms with Crippen LogP contribution in [0.1, 0.15) is 18.5 Å². The number of benzene rings is 1. The highest BCUT2D eigenvalue weighted by Crippen LogP contribution is 2.32. The van der Waals surface area contributed by atoms with E-state index in [0.717, 1.165) is 0 Å². The molecule has 0 aliphatic heterocycles. The molecule has 0 saturated carbocycles. The summed E-state index contributed by atoms with van der Waals surface area (Å²) in [7, 11) is 0. The zero-order valence-corrected chi connectivity index (χ0v) is 8.86. The SMILES string of the molecule is CCNC(c1ccc(Cl)cc1)C(F)(F)F. The number of nitrogens with one attached hydrogen (secondary N) is 1. The molecule has 0 radical (unpaired) electrons. The lowest BCUT2D eigenvalue weighted by atomic mass is 10.1. The molecule has 15 heavy (non-hydrogen) atoms. The van der Waals surface area contributed by atoms with Gasteiger partial charge >= 0.3 is 6.18 Å². The third kappa shape index (κ3) is 3.39. The van der Waals surface area contributed by atoms with Gasteiger partial charge in [0.05, 0.1) is 0 Å². The van der Waals surface area contributed by atoms with Gasteiger partial charge in [-0.2, -0.15) is 13.2 Å². The van der Waals surface area contributed by atoms with E-state index in [4.69, 9.17) is 11.6 Å². The van der Waals surface area contributed by atoms with Crippen LogP contribution in [0, 0.1) is 0 Å². The molecule has 1 rings (SSSR count). The molecule has 1 nitrogen and oxygen atoms in total. The van der Waals surface area contributed by atoms with Crippen molar-refractivity contribution in [2.24, 2.45) is 0 Å². The minimum absolute atomic E-state index is 0.175. The van der Waals surface area contributed by atoms with E-state index in [2.05, 4.69) is 5.32 Å². The molecule has 0 amide bonds. The molecule has 1 aromatic rings. The Bertz CT molecular complexity index is 307. The Labute approximate surface area is 91.2 Å². The van der Waals surface area contributed by atoms with Crippen LogP contribution < -0.4 is 5.32 Å². The van der Waals surface area contributed by atoms with Gasteiger partial charge in [0.15, 0.2) is 0 Å². The lowest BCUT2D eigenvalue weighted by Crippen LogP contribution is -2.33. The first kappa shape index (κ1) is 12.3. The van der Waals surface area contributed by atoms with Crippen LogP contribution in [0.2, 0.25) is 5.02 Å². The van der Waals surface area contributed by atoms with E-state index in [1.165, 1.54) is 24.3 Å². The third-order valence-electron chi connectivity index (χ3n) is 1.94. The molecule has 0 aliphatic carbocycles. The Morgan fingerprint density at radius 1 is 1.27 bits per heavy atom. The predicted octanol–water partition coefficient (Wildman–Crippen LogP) is 3.55. The first-order chi connectivity index (χ1) is 6.95. The number of hydrogen-bond donors (Lipinski definition) is 1. The van der Waals surface area contributed by atoms with Gasteiger partial charge in [-0.1, -0.05) is 30.7 Å². The molecule has 1 N–H and O–H groups in total. The van der Waals surface area contributed by atoms with Crippen LogP contribution >= 0.6 is 11.6 Å². The maximum Gasteiger partial charge on any atom is 0.407 e. The molecular formula is C10H11ClF3N. The molecule has 0 saturated heterocycles. The first-order valence-electron chi connectivity index (χ1n) is 4.50. The lowest BCUT2D eigenvalue weighted by Gasteiger charge is -2.21. The van der Waals surface area contributed by atoms with E-state index in [9.17, 15) is 13.2 Å². The van der Waals surface area contributed by atoms with Gasteiger partial charge in [-0.05, 0) is 24.2 Å². The van der Waals surface area contributed by atoms with Crippen LogP contribution in [0.3, 0.4) is 0 Å². The summed E-state index contributed by atoms with van der Waals surface area (Å²) in [6.45, 7) is 1.89. The fourth-order valence-electron chi connectivity index (χ4n) is 1.28. The van der Waals surface area contributed by atoms with Crippen molar-refractivity contribution in [3.8, 4) is 0 Å². The zero-order chi connectivity index (χ0) is 11.5. The zero-order valence-electron chi connectivity index (χ0n) is 8.11. The number of halogens is 4. The summed E-state index contributed by atoms with van der Waals surface area (Å²) in [5.41, 5.74) is 0.175. The van der Waals surface area contributed by atoms with E-state index >= 15 is 0 Å². The molecule has 0 aromatic heterocycles. The van der Waals surface area contributed by atoms with Gasteiger partial charge in [0, 0.05) is 5.02 Å². The quantitative estimate of drug-likeness (QED) is 0.848. The third-order valence-corrected chi connectivity index (χ3v) is 2.19. The van der Waals surface area contributed by atoms with Crippen molar-refractivity contribution in [1.29, 1.82) is 0 Å². The fraction of sp³-hybridized carbons (Fsp3) is 0.400. The summed E-state index contributed by atoms with van der Waals surface area (Å²) >= 11 is 5.61. The molecule has 1 aromatic carbocycles. The minimum Gasteiger partial charge on any atom is -0.303 e. The van der Waals surface area contributed by atoms with Crippen LogP contribution in [-0.4, -0.2) is 12.7 Å². The van der Waals surface area contributed by atoms with Crippen molar-refractivity contribution in [2.75, 3.05) is 6.54 Å². The van der Waals surface area contributed by atoms with Gasteiger partial charge in [-0.15, -0.1) is 0 Å². The highest BCUT2D eigenvalue weighted by molar-refractivity contribution is 6.30. The van der Waals surface area contributed by atoms with E-state index in [0.29, 0.717) is 5.02 Å². The Morgan fingerprint density at radius 2 is 1.80 bits per heavy atom. The van der Waals surface area contributed by atoms with Crippen LogP contribution in [0.5, 0.6) is 0 Å². The first-order valence-corrected chi connectivity index (χ1v) is 4.88. The second-order valence-corrected chi connectivity index (χ2v) is 3.52. The Balaban J connectivity index is 2.94. The summed E-state index contributed by atoms with van der Waals surface area (Å²) in [6.07, 6.45) is -4.29. The second kappa shape index (κ2) is 4.86. The van der Waals surface area contributed by atoms with Crippen LogP contribution in [0.4, 0.5) is 13.2 Å². The fourth-order valence-corrected chi connectivity index (χ4v) is 1.41. The standard InChI is InChI=1S/C10H11ClF3N/c1-2-15-9(10(12,13)14)7-3-5-8(11)6-4-7/h3-6,9,15H,2H2,1H3. The number of hydrogen-bond acceptors (Lipinski definition) is 1. The highest BCUT2D eigenvalue weighted by atomic mass is 35.5. The molecule has 0 aliphatic rings. The molecule has 0 fully saturated rings. The maximum atomic E-state index is 12.6. The highest BCUT2D eigenvalue weighted by Gasteiger charge is 2.39. The largest absolute Gasteiger partial charge is 0.407 e. The van der Waals surface area contributed by atoms with Crippen molar-refractivity contribution >= 4 is 11.6 Å². The molecule has 0 spiro atoms. The Morgan fingerprint density at radius 3 is 2.20 bits per heavy atom. The van der Waals surface area contributed by atoms with Gasteiger partial charge in [-0.3, -0.25) is 0 Å². The molecule has 1 unspecified atom stereocenters. The molecular weight excluding hydrogens is 227 g/mol. The van der Waals surface area contributed by atoms with Crippen molar-refractivity contribution < 1.29 is 13.2 Å². The smallest absolute Gasteiger partial charge is 0.303 e. The number of rotatable bonds is 3. The Kier molecular flexibility index (Phi) is 3.99. The summed E-state index contributed by atoms with van der Waals surface area (Å²) in [6, 6.07) is 4.03. The normalized spacial score (nSPS) is 13.9. The van der Waals surface area contributed by atoms with Crippen molar-refractivity contribution in [2.45, 2.75) is 19.1 Å². The Hall–Kier alpha value is -0.740. The monoisotopic (exact) mass is 237 g/mol. The topological polar surface area (TPSA) is 12.0 Å². The van der Waals surface area contributed by atoms with E-state index in [-0.39, 0.29) is 12.1 Å². The van der Waals surface area contributed by atoms with Gasteiger partial charge < -0.3 is 5.32 Å². The summed E-state index contributed by atoms with van der Waals surface area (Å²) < 4.78 is 37.8. The van der Waals surface area contributed by atoms with Gasteiger partial charge in [0.25, 0.3) is 0 Å². The molecule has 0 bridgehead atoms. The summed E-state index contributed by atoms with van der Waals surface area (Å²) in [5.74, 6) is 0. The van der Waals surface area contributed by atoms with E-state index in [1.807, 2.05) is 0 Å². The van der Waals surface area contributed by atoms with Crippen molar-refractivity contribution in [1.82, 2.24) is 5.32 Å². The van der Waals surface area contributed by atoms with Crippen molar-refractivity contribution in [3.05, 3.63) is 34.9 Å². The summed E-state index contributed by atoms with van der Waals surface area (Å²) in [5, 5.41) is 2.82. The average Bonchev–Trinajstić information content (AvgIpc) is 2.14. The van der Waals surface area contributed by atoms with Gasteiger partial charge in [0.2, 0.25) is 0 Å². The van der Waals surface area contributed by atoms with Crippen LogP contribution in [0.15, 0.2) is 24.3 Å². The average molecular weight is 238 g/mol. The lowest BCUT2D eigenvalue weighted by molar-refractivity contribution is -0.157. The van der Waals surface area contributed by atoms with Gasteiger partial charge in [0.1, 0.15) is 6.04 Å². The van der Waals surface area contributed by atoms with Crippen molar-refractivity contribution in [3.63, 3.8) is 0 Å². The van der Waals surface area contributed by atoms with E-state index < -0.39 is 12.2 Å². The minimum atomic E-state index is -4.29.